The highest BCUT2D eigenvalue weighted by molar-refractivity contribution is 7.99. The molecule has 0 aromatic heterocycles. The monoisotopic (exact) mass is 461 g/mol. The van der Waals surface area contributed by atoms with Gasteiger partial charge in [-0.05, 0) is 60.0 Å². The molecule has 34 heavy (non-hydrogen) atoms. The van der Waals surface area contributed by atoms with E-state index in [1.165, 1.54) is 26.7 Å². The zero-order chi connectivity index (χ0) is 23.3. The molecule has 0 amide bonds. The van der Waals surface area contributed by atoms with Gasteiger partial charge < -0.3 is 4.90 Å². The van der Waals surface area contributed by atoms with Crippen molar-refractivity contribution in [2.75, 3.05) is 16.5 Å². The fourth-order valence-corrected chi connectivity index (χ4v) is 5.28. The molecule has 0 saturated heterocycles. The molecule has 4 heteroatoms. The highest BCUT2D eigenvalue weighted by atomic mass is 32.2. The number of hydrogen-bond donors (Lipinski definition) is 0. The van der Waals surface area contributed by atoms with Gasteiger partial charge in [0.15, 0.2) is 0 Å². The van der Waals surface area contributed by atoms with Crippen molar-refractivity contribution in [1.29, 1.82) is 0 Å². The third-order valence-electron chi connectivity index (χ3n) is 5.92. The van der Waals surface area contributed by atoms with E-state index in [1.807, 2.05) is 47.3 Å². The van der Waals surface area contributed by atoms with Crippen LogP contribution in [-0.2, 0) is 6.54 Å². The Morgan fingerprint density at radius 1 is 0.824 bits per heavy atom. The fourth-order valence-electron chi connectivity index (χ4n) is 4.14. The summed E-state index contributed by atoms with van der Waals surface area (Å²) in [6, 6.07) is 34.0. The molecule has 3 nitrogen and oxygen atoms in total. The van der Waals surface area contributed by atoms with Crippen LogP contribution in [-0.4, -0.2) is 12.8 Å². The number of anilines is 3. The Labute approximate surface area is 206 Å². The lowest BCUT2D eigenvalue weighted by Gasteiger charge is -2.32. The molecule has 0 aliphatic carbocycles. The second kappa shape index (κ2) is 10.0. The van der Waals surface area contributed by atoms with Gasteiger partial charge in [0.05, 0.1) is 29.8 Å². The van der Waals surface area contributed by atoms with Gasteiger partial charge in [0.2, 0.25) is 0 Å². The van der Waals surface area contributed by atoms with Gasteiger partial charge in [-0.25, -0.2) is 0 Å². The van der Waals surface area contributed by atoms with Crippen molar-refractivity contribution in [3.8, 4) is 0 Å². The van der Waals surface area contributed by atoms with Crippen LogP contribution in [0.5, 0.6) is 0 Å². The zero-order valence-electron chi connectivity index (χ0n) is 19.3. The van der Waals surface area contributed by atoms with Gasteiger partial charge in [0, 0.05) is 16.3 Å². The molecule has 0 radical (unpaired) electrons. The Bertz CT molecular complexity index is 1310. The predicted octanol–water partition coefficient (Wildman–Crippen LogP) is 7.99. The van der Waals surface area contributed by atoms with Crippen LogP contribution >= 0.6 is 11.8 Å². The molecule has 1 aliphatic heterocycles. The first kappa shape index (κ1) is 22.1. The second-order valence-corrected chi connectivity index (χ2v) is 9.21. The van der Waals surface area contributed by atoms with Crippen LogP contribution in [0.3, 0.4) is 0 Å². The maximum Gasteiger partial charge on any atom is 0.0666 e. The molecule has 4 aromatic rings. The summed E-state index contributed by atoms with van der Waals surface area (Å²) in [6.45, 7) is 7.67. The van der Waals surface area contributed by atoms with E-state index in [2.05, 4.69) is 97.3 Å². The topological polar surface area (TPSA) is 18.8 Å². The SMILES string of the molecule is C=Cc1ccc(CN(/N=C/c2ccc3c(c2)Sc2ccccc2N3CC)c2ccccc2)cc1. The number of rotatable bonds is 7. The molecule has 1 heterocycles. The third kappa shape index (κ3) is 4.63. The van der Waals surface area contributed by atoms with Gasteiger partial charge in [-0.2, -0.15) is 5.10 Å². The van der Waals surface area contributed by atoms with Crippen LogP contribution in [0.25, 0.3) is 6.08 Å². The molecule has 1 aliphatic rings. The third-order valence-corrected chi connectivity index (χ3v) is 7.03. The van der Waals surface area contributed by atoms with Gasteiger partial charge in [-0.15, -0.1) is 0 Å². The maximum atomic E-state index is 4.90. The van der Waals surface area contributed by atoms with Crippen molar-refractivity contribution >= 4 is 41.1 Å². The summed E-state index contributed by atoms with van der Waals surface area (Å²) < 4.78 is 0. The number of para-hydroxylation sites is 2. The minimum atomic E-state index is 0.689. The molecule has 0 fully saturated rings. The van der Waals surface area contributed by atoms with E-state index in [-0.39, 0.29) is 0 Å². The Hall–Kier alpha value is -3.76. The summed E-state index contributed by atoms with van der Waals surface area (Å²) >= 11 is 1.83. The molecule has 5 rings (SSSR count). The Kier molecular flexibility index (Phi) is 6.50. The number of fused-ring (bicyclic) bond motifs is 2. The van der Waals surface area contributed by atoms with Gasteiger partial charge in [0.1, 0.15) is 0 Å². The summed E-state index contributed by atoms with van der Waals surface area (Å²) in [5.74, 6) is 0. The van der Waals surface area contributed by atoms with Gasteiger partial charge in [-0.3, -0.25) is 5.01 Å². The Morgan fingerprint density at radius 2 is 1.53 bits per heavy atom. The van der Waals surface area contributed by atoms with Gasteiger partial charge >= 0.3 is 0 Å². The van der Waals surface area contributed by atoms with Crippen molar-refractivity contribution in [2.45, 2.75) is 23.3 Å². The van der Waals surface area contributed by atoms with E-state index in [1.54, 1.807) is 0 Å². The highest BCUT2D eigenvalue weighted by Gasteiger charge is 2.22. The lowest BCUT2D eigenvalue weighted by molar-refractivity contribution is 0.858. The fraction of sp³-hybridized carbons (Fsp3) is 0.100. The second-order valence-electron chi connectivity index (χ2n) is 8.12. The quantitative estimate of drug-likeness (QED) is 0.205. The first-order valence-electron chi connectivity index (χ1n) is 11.5. The van der Waals surface area contributed by atoms with Gasteiger partial charge in [0.25, 0.3) is 0 Å². The van der Waals surface area contributed by atoms with Crippen LogP contribution in [0.1, 0.15) is 23.6 Å². The van der Waals surface area contributed by atoms with E-state index in [9.17, 15) is 0 Å². The largest absolute Gasteiger partial charge is 0.340 e. The molecule has 0 saturated carbocycles. The maximum absolute atomic E-state index is 4.90. The lowest BCUT2D eigenvalue weighted by atomic mass is 10.1. The van der Waals surface area contributed by atoms with Crippen molar-refractivity contribution in [3.05, 3.63) is 120 Å². The first-order valence-corrected chi connectivity index (χ1v) is 12.3. The predicted molar refractivity (Wildman–Crippen MR) is 146 cm³/mol. The average Bonchev–Trinajstić information content (AvgIpc) is 2.90. The molecule has 0 atom stereocenters. The van der Waals surface area contributed by atoms with Crippen molar-refractivity contribution < 1.29 is 0 Å². The molecule has 168 valence electrons. The van der Waals surface area contributed by atoms with E-state index in [0.29, 0.717) is 6.54 Å². The smallest absolute Gasteiger partial charge is 0.0666 e. The van der Waals surface area contributed by atoms with Crippen molar-refractivity contribution in [1.82, 2.24) is 0 Å². The van der Waals surface area contributed by atoms with Crippen molar-refractivity contribution in [2.24, 2.45) is 5.10 Å². The van der Waals surface area contributed by atoms with E-state index < -0.39 is 0 Å². The minimum absolute atomic E-state index is 0.689. The summed E-state index contributed by atoms with van der Waals surface area (Å²) in [5, 5.41) is 6.94. The van der Waals surface area contributed by atoms with Crippen LogP contribution in [0.4, 0.5) is 17.1 Å². The summed E-state index contributed by atoms with van der Waals surface area (Å²) in [6.07, 6.45) is 3.83. The van der Waals surface area contributed by atoms with E-state index >= 15 is 0 Å². The molecule has 0 unspecified atom stereocenters. The molecular weight excluding hydrogens is 434 g/mol. The Balaban J connectivity index is 1.43. The van der Waals surface area contributed by atoms with Gasteiger partial charge in [-0.1, -0.05) is 85.1 Å². The van der Waals surface area contributed by atoms with Crippen LogP contribution in [0.2, 0.25) is 0 Å². The van der Waals surface area contributed by atoms with E-state index in [4.69, 9.17) is 5.10 Å². The standard InChI is InChI=1S/C30H27N3S/c1-3-23-14-16-24(17-15-23)22-33(26-10-6-5-7-11-26)31-21-25-18-19-28-30(20-25)34-29-13-9-8-12-27(29)32(28)4-2/h3,5-21H,1,4,22H2,2H3/b31-21+. The molecule has 0 spiro atoms. The summed E-state index contributed by atoms with van der Waals surface area (Å²) in [5.41, 5.74) is 7.00. The molecular formula is C30H27N3S. The summed E-state index contributed by atoms with van der Waals surface area (Å²) in [4.78, 5) is 4.93. The molecule has 0 N–H and O–H groups in total. The molecule has 4 aromatic carbocycles. The highest BCUT2D eigenvalue weighted by Crippen LogP contribution is 2.47. The van der Waals surface area contributed by atoms with E-state index in [0.717, 1.165) is 23.4 Å². The zero-order valence-corrected chi connectivity index (χ0v) is 20.1. The number of nitrogens with zero attached hydrogens (tertiary/aromatic N) is 3. The number of hydrogen-bond acceptors (Lipinski definition) is 4. The first-order chi connectivity index (χ1) is 16.7. The summed E-state index contributed by atoms with van der Waals surface area (Å²) in [7, 11) is 0. The number of benzene rings is 4. The lowest BCUT2D eigenvalue weighted by Crippen LogP contribution is -2.20. The normalized spacial score (nSPS) is 12.3. The molecule has 0 bridgehead atoms. The van der Waals surface area contributed by atoms with Crippen molar-refractivity contribution in [3.63, 3.8) is 0 Å². The van der Waals surface area contributed by atoms with Crippen LogP contribution < -0.4 is 9.91 Å². The minimum Gasteiger partial charge on any atom is -0.340 e. The van der Waals surface area contributed by atoms with Crippen LogP contribution in [0.15, 0.2) is 119 Å². The van der Waals surface area contributed by atoms with Crippen LogP contribution in [0, 0.1) is 0 Å². The number of hydrazone groups is 1. The average molecular weight is 462 g/mol. The Morgan fingerprint density at radius 3 is 2.29 bits per heavy atom.